The van der Waals surface area contributed by atoms with Crippen LogP contribution in [0.1, 0.15) is 24.6 Å². The van der Waals surface area contributed by atoms with Crippen molar-refractivity contribution in [1.29, 1.82) is 5.26 Å². The van der Waals surface area contributed by atoms with E-state index in [2.05, 4.69) is 23.2 Å². The molecule has 1 rings (SSSR count). The van der Waals surface area contributed by atoms with Crippen LogP contribution in [-0.4, -0.2) is 10.2 Å². The van der Waals surface area contributed by atoms with Crippen LogP contribution in [0.4, 0.5) is 0 Å². The molecule has 10 heavy (non-hydrogen) atoms. The van der Waals surface area contributed by atoms with Crippen molar-refractivity contribution in [3.05, 3.63) is 17.5 Å². The van der Waals surface area contributed by atoms with Crippen molar-refractivity contribution in [1.82, 2.24) is 10.2 Å². The van der Waals surface area contributed by atoms with Crippen molar-refractivity contribution in [3.63, 3.8) is 0 Å². The van der Waals surface area contributed by atoms with Gasteiger partial charge in [-0.3, -0.25) is 5.10 Å². The Bertz CT molecular complexity index is 244. The summed E-state index contributed by atoms with van der Waals surface area (Å²) in [5.74, 6) is 0. The van der Waals surface area contributed by atoms with Gasteiger partial charge in [0.1, 0.15) is 6.07 Å². The van der Waals surface area contributed by atoms with Gasteiger partial charge in [-0.25, -0.2) is 0 Å². The molecule has 1 aromatic rings. The second-order valence-electron chi connectivity index (χ2n) is 2.12. The van der Waals surface area contributed by atoms with Crippen molar-refractivity contribution in [2.75, 3.05) is 0 Å². The topological polar surface area (TPSA) is 52.5 Å². The van der Waals surface area contributed by atoms with E-state index in [0.29, 0.717) is 5.56 Å². The molecule has 0 unspecified atom stereocenters. The van der Waals surface area contributed by atoms with E-state index in [9.17, 15) is 0 Å². The van der Waals surface area contributed by atoms with Crippen molar-refractivity contribution < 1.29 is 0 Å². The Morgan fingerprint density at radius 1 is 1.80 bits per heavy atom. The number of H-pyrrole nitrogens is 1. The predicted molar refractivity (Wildman–Crippen MR) is 37.3 cm³/mol. The van der Waals surface area contributed by atoms with Gasteiger partial charge in [-0.1, -0.05) is 13.3 Å². The fourth-order valence-electron chi connectivity index (χ4n) is 0.850. The summed E-state index contributed by atoms with van der Waals surface area (Å²) in [6.45, 7) is 2.07. The summed E-state index contributed by atoms with van der Waals surface area (Å²) in [7, 11) is 0. The Hall–Kier alpha value is -1.30. The third-order valence-electron chi connectivity index (χ3n) is 1.34. The maximum absolute atomic E-state index is 8.52. The molecule has 3 heteroatoms. The first kappa shape index (κ1) is 6.81. The summed E-state index contributed by atoms with van der Waals surface area (Å²) in [5, 5.41) is 15.1. The van der Waals surface area contributed by atoms with Crippen LogP contribution in [0.5, 0.6) is 0 Å². The zero-order valence-corrected chi connectivity index (χ0v) is 5.89. The standard InChI is InChI=1S/C7H9N3/c1-2-3-7-6(4-8)5-9-10-7/h5H,2-3H2,1H3,(H,9,10). The summed E-state index contributed by atoms with van der Waals surface area (Å²) in [6.07, 6.45) is 3.50. The van der Waals surface area contributed by atoms with E-state index in [1.165, 1.54) is 0 Å². The first-order valence-electron chi connectivity index (χ1n) is 3.30. The van der Waals surface area contributed by atoms with Crippen LogP contribution in [0.2, 0.25) is 0 Å². The molecule has 0 fully saturated rings. The molecule has 0 spiro atoms. The summed E-state index contributed by atoms with van der Waals surface area (Å²) < 4.78 is 0. The summed E-state index contributed by atoms with van der Waals surface area (Å²) >= 11 is 0. The molecule has 0 saturated carbocycles. The summed E-state index contributed by atoms with van der Waals surface area (Å²) in [4.78, 5) is 0. The van der Waals surface area contributed by atoms with Gasteiger partial charge in [-0.05, 0) is 6.42 Å². The van der Waals surface area contributed by atoms with Crippen LogP contribution in [-0.2, 0) is 6.42 Å². The van der Waals surface area contributed by atoms with Crippen LogP contribution in [0.25, 0.3) is 0 Å². The lowest BCUT2D eigenvalue weighted by Gasteiger charge is -1.89. The Kier molecular flexibility index (Phi) is 2.06. The normalized spacial score (nSPS) is 9.20. The summed E-state index contributed by atoms with van der Waals surface area (Å²) in [6, 6.07) is 2.07. The molecular formula is C7H9N3. The number of aromatic amines is 1. The lowest BCUT2D eigenvalue weighted by molar-refractivity contribution is 0.865. The highest BCUT2D eigenvalue weighted by Gasteiger charge is 2.00. The van der Waals surface area contributed by atoms with E-state index >= 15 is 0 Å². The molecule has 1 N–H and O–H groups in total. The minimum atomic E-state index is 0.668. The van der Waals surface area contributed by atoms with Crippen LogP contribution in [0.15, 0.2) is 6.20 Å². The highest BCUT2D eigenvalue weighted by atomic mass is 15.1. The Morgan fingerprint density at radius 3 is 3.20 bits per heavy atom. The van der Waals surface area contributed by atoms with Crippen molar-refractivity contribution in [2.24, 2.45) is 0 Å². The summed E-state index contributed by atoms with van der Waals surface area (Å²) in [5.41, 5.74) is 1.62. The van der Waals surface area contributed by atoms with Gasteiger partial charge in [0.15, 0.2) is 0 Å². The largest absolute Gasteiger partial charge is 0.281 e. The molecule has 1 aromatic heterocycles. The molecule has 52 valence electrons. The Labute approximate surface area is 59.7 Å². The second-order valence-corrected chi connectivity index (χ2v) is 2.12. The zero-order valence-electron chi connectivity index (χ0n) is 5.89. The number of aryl methyl sites for hydroxylation is 1. The molecule has 0 aromatic carbocycles. The average molecular weight is 135 g/mol. The zero-order chi connectivity index (χ0) is 7.40. The van der Waals surface area contributed by atoms with Crippen LogP contribution in [0.3, 0.4) is 0 Å². The van der Waals surface area contributed by atoms with Gasteiger partial charge in [-0.15, -0.1) is 0 Å². The number of hydrogen-bond acceptors (Lipinski definition) is 2. The molecule has 1 heterocycles. The number of hydrogen-bond donors (Lipinski definition) is 1. The maximum Gasteiger partial charge on any atom is 0.103 e. The molecule has 0 radical (unpaired) electrons. The first-order valence-corrected chi connectivity index (χ1v) is 3.30. The number of aromatic nitrogens is 2. The minimum Gasteiger partial charge on any atom is -0.281 e. The van der Waals surface area contributed by atoms with Gasteiger partial charge < -0.3 is 0 Å². The Morgan fingerprint density at radius 2 is 2.60 bits per heavy atom. The first-order chi connectivity index (χ1) is 4.88. The fraction of sp³-hybridized carbons (Fsp3) is 0.429. The van der Waals surface area contributed by atoms with E-state index in [1.807, 2.05) is 0 Å². The lowest BCUT2D eigenvalue weighted by Crippen LogP contribution is -1.85. The van der Waals surface area contributed by atoms with Crippen molar-refractivity contribution in [2.45, 2.75) is 19.8 Å². The number of rotatable bonds is 2. The van der Waals surface area contributed by atoms with E-state index in [4.69, 9.17) is 5.26 Å². The van der Waals surface area contributed by atoms with Gasteiger partial charge in [0, 0.05) is 0 Å². The number of nitrogens with zero attached hydrogens (tertiary/aromatic N) is 2. The molecule has 0 bridgehead atoms. The van der Waals surface area contributed by atoms with Gasteiger partial charge in [0.05, 0.1) is 17.5 Å². The van der Waals surface area contributed by atoms with E-state index < -0.39 is 0 Å². The Balaban J connectivity index is 2.82. The maximum atomic E-state index is 8.52. The van der Waals surface area contributed by atoms with Gasteiger partial charge in [0.25, 0.3) is 0 Å². The number of nitrogens with one attached hydrogen (secondary N) is 1. The molecule has 3 nitrogen and oxygen atoms in total. The van der Waals surface area contributed by atoms with Crippen LogP contribution < -0.4 is 0 Å². The molecule has 0 aliphatic heterocycles. The predicted octanol–water partition coefficient (Wildman–Crippen LogP) is 1.23. The molecule has 0 aliphatic rings. The van der Waals surface area contributed by atoms with E-state index in [1.54, 1.807) is 6.20 Å². The van der Waals surface area contributed by atoms with Crippen LogP contribution >= 0.6 is 0 Å². The third-order valence-corrected chi connectivity index (χ3v) is 1.34. The van der Waals surface area contributed by atoms with Crippen molar-refractivity contribution in [3.8, 4) is 6.07 Å². The van der Waals surface area contributed by atoms with Crippen molar-refractivity contribution >= 4 is 0 Å². The van der Waals surface area contributed by atoms with Gasteiger partial charge in [0.2, 0.25) is 0 Å². The highest BCUT2D eigenvalue weighted by molar-refractivity contribution is 5.30. The third kappa shape index (κ3) is 1.16. The van der Waals surface area contributed by atoms with Gasteiger partial charge in [-0.2, -0.15) is 10.4 Å². The highest BCUT2D eigenvalue weighted by Crippen LogP contribution is 2.04. The monoisotopic (exact) mass is 135 g/mol. The quantitative estimate of drug-likeness (QED) is 0.663. The molecular weight excluding hydrogens is 126 g/mol. The molecule has 0 aliphatic carbocycles. The molecule has 0 atom stereocenters. The molecule has 0 amide bonds. The average Bonchev–Trinajstić information content (AvgIpc) is 2.36. The molecule has 0 saturated heterocycles. The second kappa shape index (κ2) is 3.02. The fourth-order valence-corrected chi connectivity index (χ4v) is 0.850. The van der Waals surface area contributed by atoms with Crippen LogP contribution in [0, 0.1) is 11.3 Å². The van der Waals surface area contributed by atoms with E-state index in [-0.39, 0.29) is 0 Å². The van der Waals surface area contributed by atoms with Gasteiger partial charge >= 0.3 is 0 Å². The lowest BCUT2D eigenvalue weighted by atomic mass is 10.2. The SMILES string of the molecule is CCCc1[nH]ncc1C#N. The number of nitriles is 1. The smallest absolute Gasteiger partial charge is 0.103 e. The minimum absolute atomic E-state index is 0.668. The van der Waals surface area contributed by atoms with E-state index in [0.717, 1.165) is 18.5 Å².